The lowest BCUT2D eigenvalue weighted by Crippen LogP contribution is -2.07. The molecule has 0 aliphatic carbocycles. The standard InChI is InChI=1S/C6H2ClF3N2O4S/c7-17(15,16)6-2(8)1-3(12(13)14)4(11-6)5(9)10/h1,5H. The molecule has 0 amide bonds. The lowest BCUT2D eigenvalue weighted by atomic mass is 10.3. The van der Waals surface area contributed by atoms with Gasteiger partial charge in [0.25, 0.3) is 21.2 Å². The van der Waals surface area contributed by atoms with E-state index < -0.39 is 42.6 Å². The highest BCUT2D eigenvalue weighted by molar-refractivity contribution is 8.13. The van der Waals surface area contributed by atoms with Crippen LogP contribution in [0.2, 0.25) is 0 Å². The second-order valence-electron chi connectivity index (χ2n) is 2.68. The summed E-state index contributed by atoms with van der Waals surface area (Å²) in [5.41, 5.74) is -2.78. The Morgan fingerprint density at radius 2 is 2.00 bits per heavy atom. The van der Waals surface area contributed by atoms with Crippen molar-refractivity contribution in [3.63, 3.8) is 0 Å². The number of pyridine rings is 1. The number of halogens is 4. The molecule has 1 rings (SSSR count). The summed E-state index contributed by atoms with van der Waals surface area (Å²) in [6, 6.07) is 0.0315. The molecule has 0 fully saturated rings. The van der Waals surface area contributed by atoms with Crippen molar-refractivity contribution >= 4 is 25.4 Å². The van der Waals surface area contributed by atoms with Gasteiger partial charge in [-0.15, -0.1) is 0 Å². The van der Waals surface area contributed by atoms with Crippen molar-refractivity contribution in [2.24, 2.45) is 0 Å². The molecule has 1 aromatic heterocycles. The minimum absolute atomic E-state index is 0.0315. The molecule has 11 heteroatoms. The first-order chi connectivity index (χ1) is 7.64. The zero-order valence-electron chi connectivity index (χ0n) is 7.60. The predicted octanol–water partition coefficient (Wildman–Crippen LogP) is 1.99. The monoisotopic (exact) mass is 290 g/mol. The van der Waals surface area contributed by atoms with Gasteiger partial charge in [-0.2, -0.15) is 0 Å². The Morgan fingerprint density at radius 1 is 1.47 bits per heavy atom. The van der Waals surface area contributed by atoms with E-state index >= 15 is 0 Å². The van der Waals surface area contributed by atoms with Crippen LogP contribution in [0.15, 0.2) is 11.1 Å². The maximum atomic E-state index is 13.1. The van der Waals surface area contributed by atoms with Gasteiger partial charge in [-0.05, 0) is 0 Å². The molecule has 17 heavy (non-hydrogen) atoms. The molecule has 0 aliphatic rings. The first-order valence-corrected chi connectivity index (χ1v) is 6.03. The minimum atomic E-state index is -4.70. The molecule has 0 unspecified atom stereocenters. The van der Waals surface area contributed by atoms with Crippen LogP contribution in [-0.4, -0.2) is 18.3 Å². The zero-order valence-corrected chi connectivity index (χ0v) is 9.17. The van der Waals surface area contributed by atoms with E-state index in [1.165, 1.54) is 0 Å². The maximum Gasteiger partial charge on any atom is 0.299 e. The van der Waals surface area contributed by atoms with Gasteiger partial charge in [-0.1, -0.05) is 0 Å². The third-order valence-electron chi connectivity index (χ3n) is 1.59. The molecule has 0 saturated heterocycles. The molecule has 1 heterocycles. The maximum absolute atomic E-state index is 13.1. The molecular weight excluding hydrogens is 289 g/mol. The van der Waals surface area contributed by atoms with E-state index in [9.17, 15) is 31.7 Å². The number of aromatic nitrogens is 1. The summed E-state index contributed by atoms with van der Waals surface area (Å²) in [6.45, 7) is 0. The smallest absolute Gasteiger partial charge is 0.258 e. The second-order valence-corrected chi connectivity index (χ2v) is 5.16. The Hall–Kier alpha value is -1.42. The fraction of sp³-hybridized carbons (Fsp3) is 0.167. The average Bonchev–Trinajstić information content (AvgIpc) is 2.14. The van der Waals surface area contributed by atoms with Gasteiger partial charge in [-0.25, -0.2) is 26.6 Å². The molecule has 0 aliphatic heterocycles. The van der Waals surface area contributed by atoms with Crippen molar-refractivity contribution in [2.75, 3.05) is 0 Å². The Labute approximate surface area is 96.6 Å². The van der Waals surface area contributed by atoms with E-state index in [0.29, 0.717) is 0 Å². The topological polar surface area (TPSA) is 90.2 Å². The highest BCUT2D eigenvalue weighted by Crippen LogP contribution is 2.30. The van der Waals surface area contributed by atoms with Crippen molar-refractivity contribution in [1.29, 1.82) is 0 Å². The van der Waals surface area contributed by atoms with Gasteiger partial charge >= 0.3 is 0 Å². The second kappa shape index (κ2) is 4.45. The van der Waals surface area contributed by atoms with Crippen molar-refractivity contribution in [1.82, 2.24) is 4.98 Å². The van der Waals surface area contributed by atoms with Gasteiger partial charge in [0.1, 0.15) is 0 Å². The van der Waals surface area contributed by atoms with Crippen LogP contribution in [0.3, 0.4) is 0 Å². The number of hydrogen-bond donors (Lipinski definition) is 0. The molecule has 1 aromatic rings. The Bertz CT molecular complexity index is 577. The quantitative estimate of drug-likeness (QED) is 0.482. The van der Waals surface area contributed by atoms with Gasteiger partial charge in [0.05, 0.1) is 11.0 Å². The first kappa shape index (κ1) is 13.6. The average molecular weight is 291 g/mol. The molecule has 0 radical (unpaired) electrons. The third kappa shape index (κ3) is 2.82. The highest BCUT2D eigenvalue weighted by Gasteiger charge is 2.30. The van der Waals surface area contributed by atoms with Crippen LogP contribution in [0.4, 0.5) is 18.9 Å². The van der Waals surface area contributed by atoms with E-state index in [-0.39, 0.29) is 6.07 Å². The van der Waals surface area contributed by atoms with Crippen LogP contribution in [0.25, 0.3) is 0 Å². The molecule has 94 valence electrons. The summed E-state index contributed by atoms with van der Waals surface area (Å²) in [7, 11) is 0.0256. The summed E-state index contributed by atoms with van der Waals surface area (Å²) in [5.74, 6) is -1.67. The SMILES string of the molecule is O=[N+]([O-])c1cc(F)c(S(=O)(=O)Cl)nc1C(F)F. The number of rotatable bonds is 3. The third-order valence-corrected chi connectivity index (χ3v) is 2.77. The molecule has 0 atom stereocenters. The number of nitrogens with zero attached hydrogens (tertiary/aromatic N) is 2. The summed E-state index contributed by atoms with van der Waals surface area (Å²) in [4.78, 5) is 11.7. The Morgan fingerprint density at radius 3 is 2.35 bits per heavy atom. The Kier molecular flexibility index (Phi) is 3.57. The van der Waals surface area contributed by atoms with Crippen LogP contribution in [0.5, 0.6) is 0 Å². The van der Waals surface area contributed by atoms with Gasteiger partial charge in [-0.3, -0.25) is 10.1 Å². The molecule has 0 spiro atoms. The number of alkyl halides is 2. The first-order valence-electron chi connectivity index (χ1n) is 3.72. The van der Waals surface area contributed by atoms with E-state index in [0.717, 1.165) is 0 Å². The van der Waals surface area contributed by atoms with Crippen molar-refractivity contribution in [3.05, 3.63) is 27.7 Å². The molecule has 0 bridgehead atoms. The molecular formula is C6H2ClF3N2O4S. The van der Waals surface area contributed by atoms with Gasteiger partial charge in [0.15, 0.2) is 11.5 Å². The van der Waals surface area contributed by atoms with E-state index in [4.69, 9.17) is 10.7 Å². The summed E-state index contributed by atoms with van der Waals surface area (Å²) >= 11 is 0. The fourth-order valence-electron chi connectivity index (χ4n) is 0.954. The lowest BCUT2D eigenvalue weighted by molar-refractivity contribution is -0.386. The minimum Gasteiger partial charge on any atom is -0.258 e. The van der Waals surface area contributed by atoms with Gasteiger partial charge < -0.3 is 0 Å². The normalized spacial score (nSPS) is 11.8. The van der Waals surface area contributed by atoms with Gasteiger partial charge in [0, 0.05) is 10.7 Å². The predicted molar refractivity (Wildman–Crippen MR) is 48.8 cm³/mol. The van der Waals surface area contributed by atoms with Crippen molar-refractivity contribution < 1.29 is 26.5 Å². The van der Waals surface area contributed by atoms with Crippen LogP contribution in [0, 0.1) is 15.9 Å². The lowest BCUT2D eigenvalue weighted by Gasteiger charge is -2.03. The molecule has 0 N–H and O–H groups in total. The van der Waals surface area contributed by atoms with Crippen LogP contribution in [-0.2, 0) is 9.05 Å². The summed E-state index contributed by atoms with van der Waals surface area (Å²) in [6.07, 6.45) is -3.44. The molecule has 6 nitrogen and oxygen atoms in total. The van der Waals surface area contributed by atoms with E-state index in [1.54, 1.807) is 0 Å². The van der Waals surface area contributed by atoms with Crippen LogP contribution >= 0.6 is 10.7 Å². The van der Waals surface area contributed by atoms with Crippen LogP contribution in [0.1, 0.15) is 12.1 Å². The summed E-state index contributed by atoms with van der Waals surface area (Å²) in [5, 5.41) is 8.85. The fourth-order valence-corrected chi connectivity index (χ4v) is 1.78. The highest BCUT2D eigenvalue weighted by atomic mass is 35.7. The van der Waals surface area contributed by atoms with Crippen molar-refractivity contribution in [2.45, 2.75) is 11.5 Å². The molecule has 0 saturated carbocycles. The van der Waals surface area contributed by atoms with Crippen molar-refractivity contribution in [3.8, 4) is 0 Å². The van der Waals surface area contributed by atoms with E-state index in [1.807, 2.05) is 0 Å². The van der Waals surface area contributed by atoms with Gasteiger partial charge in [0.2, 0.25) is 5.03 Å². The van der Waals surface area contributed by atoms with Crippen LogP contribution < -0.4 is 0 Å². The molecule has 0 aromatic carbocycles. The summed E-state index contributed by atoms with van der Waals surface area (Å²) < 4.78 is 59.3. The zero-order chi connectivity index (χ0) is 13.4. The largest absolute Gasteiger partial charge is 0.299 e. The number of nitro groups is 1. The Balaban J connectivity index is 3.63. The number of hydrogen-bond acceptors (Lipinski definition) is 5. The van der Waals surface area contributed by atoms with E-state index in [2.05, 4.69) is 4.98 Å².